The van der Waals surface area contributed by atoms with Gasteiger partial charge in [-0.2, -0.15) is 0 Å². The zero-order valence-electron chi connectivity index (χ0n) is 8.43. The molecule has 1 atom stereocenters. The van der Waals surface area contributed by atoms with E-state index in [1.54, 1.807) is 0 Å². The molecule has 1 heterocycles. The Kier molecular flexibility index (Phi) is 3.03. The van der Waals surface area contributed by atoms with Gasteiger partial charge >= 0.3 is 4.87 Å². The van der Waals surface area contributed by atoms with Gasteiger partial charge in [0.05, 0.1) is 0 Å². The van der Waals surface area contributed by atoms with Crippen LogP contribution in [0.15, 0.2) is 4.79 Å². The van der Waals surface area contributed by atoms with Crippen LogP contribution in [0.5, 0.6) is 0 Å². The van der Waals surface area contributed by atoms with Crippen molar-refractivity contribution in [2.24, 2.45) is 0 Å². The minimum absolute atomic E-state index is 0.0974. The summed E-state index contributed by atoms with van der Waals surface area (Å²) in [7, 11) is 0. The first-order valence-corrected chi connectivity index (χ1v) is 6.08. The van der Waals surface area contributed by atoms with E-state index in [1.165, 1.54) is 34.7 Å². The predicted octanol–water partition coefficient (Wildman–Crippen LogP) is 1.81. The molecule has 2 N–H and O–H groups in total. The van der Waals surface area contributed by atoms with E-state index in [-0.39, 0.29) is 4.87 Å². The van der Waals surface area contributed by atoms with E-state index in [0.717, 1.165) is 19.4 Å². The smallest absolute Gasteiger partial charge is 0.304 e. The van der Waals surface area contributed by atoms with Gasteiger partial charge in [0.25, 0.3) is 0 Å². The van der Waals surface area contributed by atoms with Crippen LogP contribution in [0.1, 0.15) is 42.8 Å². The van der Waals surface area contributed by atoms with Crippen LogP contribution in [0.3, 0.4) is 0 Å². The van der Waals surface area contributed by atoms with E-state index >= 15 is 0 Å². The van der Waals surface area contributed by atoms with Gasteiger partial charge < -0.3 is 10.3 Å². The van der Waals surface area contributed by atoms with Gasteiger partial charge in [-0.1, -0.05) is 18.3 Å². The number of aromatic nitrogens is 1. The zero-order chi connectivity index (χ0) is 9.97. The molecular weight excluding hydrogens is 196 g/mol. The van der Waals surface area contributed by atoms with E-state index in [9.17, 15) is 4.79 Å². The number of aryl methyl sites for hydroxylation is 1. The molecule has 2 rings (SSSR count). The molecule has 14 heavy (non-hydrogen) atoms. The van der Waals surface area contributed by atoms with E-state index in [0.29, 0.717) is 6.04 Å². The molecule has 0 fully saturated rings. The maximum absolute atomic E-state index is 11.2. The van der Waals surface area contributed by atoms with Crippen molar-refractivity contribution in [3.05, 3.63) is 20.2 Å². The first-order valence-electron chi connectivity index (χ1n) is 5.26. The van der Waals surface area contributed by atoms with Crippen molar-refractivity contribution in [3.8, 4) is 0 Å². The van der Waals surface area contributed by atoms with Crippen LogP contribution >= 0.6 is 11.3 Å². The Labute approximate surface area is 87.6 Å². The molecule has 0 saturated carbocycles. The van der Waals surface area contributed by atoms with E-state index < -0.39 is 0 Å². The van der Waals surface area contributed by atoms with Crippen LogP contribution in [-0.4, -0.2) is 11.5 Å². The molecule has 4 heteroatoms. The standard InChI is InChI=1S/C10H16N2OS/c1-2-6-11-7-4-3-5-8-9(7)14-10(13)12-8/h7,11H,2-6H2,1H3,(H,12,13). The Bertz CT molecular complexity index is 355. The summed E-state index contributed by atoms with van der Waals surface area (Å²) >= 11 is 1.38. The van der Waals surface area contributed by atoms with Crippen molar-refractivity contribution >= 4 is 11.3 Å². The van der Waals surface area contributed by atoms with Gasteiger partial charge in [0.2, 0.25) is 0 Å². The molecule has 1 aromatic heterocycles. The highest BCUT2D eigenvalue weighted by molar-refractivity contribution is 7.09. The molecule has 1 aliphatic rings. The third-order valence-electron chi connectivity index (χ3n) is 2.63. The molecule has 0 saturated heterocycles. The lowest BCUT2D eigenvalue weighted by Gasteiger charge is -2.22. The number of fused-ring (bicyclic) bond motifs is 1. The van der Waals surface area contributed by atoms with Gasteiger partial charge in [-0.15, -0.1) is 0 Å². The Morgan fingerprint density at radius 1 is 1.64 bits per heavy atom. The van der Waals surface area contributed by atoms with E-state index in [4.69, 9.17) is 0 Å². The van der Waals surface area contributed by atoms with Crippen LogP contribution in [0, 0.1) is 0 Å². The summed E-state index contributed by atoms with van der Waals surface area (Å²) in [5, 5.41) is 3.49. The second-order valence-electron chi connectivity index (χ2n) is 3.76. The predicted molar refractivity (Wildman–Crippen MR) is 58.9 cm³/mol. The summed E-state index contributed by atoms with van der Waals surface area (Å²) in [6.45, 7) is 3.20. The van der Waals surface area contributed by atoms with Crippen LogP contribution in [-0.2, 0) is 6.42 Å². The Morgan fingerprint density at radius 2 is 2.50 bits per heavy atom. The molecule has 0 amide bonds. The average molecular weight is 212 g/mol. The second-order valence-corrected chi connectivity index (χ2v) is 4.77. The fraction of sp³-hybridized carbons (Fsp3) is 0.700. The van der Waals surface area contributed by atoms with Crippen LogP contribution < -0.4 is 10.2 Å². The fourth-order valence-corrected chi connectivity index (χ4v) is 2.96. The average Bonchev–Trinajstić information content (AvgIpc) is 2.55. The third-order valence-corrected chi connectivity index (χ3v) is 3.67. The Balaban J connectivity index is 2.17. The molecule has 0 radical (unpaired) electrons. The molecule has 1 aliphatic carbocycles. The highest BCUT2D eigenvalue weighted by Crippen LogP contribution is 2.30. The van der Waals surface area contributed by atoms with E-state index in [2.05, 4.69) is 17.2 Å². The molecule has 0 aliphatic heterocycles. The van der Waals surface area contributed by atoms with Gasteiger partial charge in [-0.3, -0.25) is 4.79 Å². The van der Waals surface area contributed by atoms with Crippen molar-refractivity contribution in [2.75, 3.05) is 6.54 Å². The lowest BCUT2D eigenvalue weighted by atomic mass is 9.98. The normalized spacial score (nSPS) is 20.8. The number of thiazole rings is 1. The Morgan fingerprint density at radius 3 is 3.29 bits per heavy atom. The SMILES string of the molecule is CCCNC1CCCc2[nH]c(=O)sc21. The third kappa shape index (κ3) is 1.91. The maximum Gasteiger partial charge on any atom is 0.304 e. The topological polar surface area (TPSA) is 44.9 Å². The first kappa shape index (κ1) is 9.93. The number of hydrogen-bond acceptors (Lipinski definition) is 3. The van der Waals surface area contributed by atoms with Crippen molar-refractivity contribution in [1.29, 1.82) is 0 Å². The molecule has 1 aromatic rings. The number of H-pyrrole nitrogens is 1. The van der Waals surface area contributed by atoms with Gasteiger partial charge in [0, 0.05) is 16.6 Å². The molecule has 3 nitrogen and oxygen atoms in total. The van der Waals surface area contributed by atoms with Gasteiger partial charge in [-0.25, -0.2) is 0 Å². The Hall–Kier alpha value is -0.610. The molecule has 78 valence electrons. The lowest BCUT2D eigenvalue weighted by Crippen LogP contribution is -2.24. The monoisotopic (exact) mass is 212 g/mol. The number of nitrogens with one attached hydrogen (secondary N) is 2. The summed E-state index contributed by atoms with van der Waals surface area (Å²) in [5.74, 6) is 0. The number of rotatable bonds is 3. The minimum Gasteiger partial charge on any atom is -0.316 e. The molecule has 0 bridgehead atoms. The maximum atomic E-state index is 11.2. The van der Waals surface area contributed by atoms with Crippen LogP contribution in [0.4, 0.5) is 0 Å². The summed E-state index contributed by atoms with van der Waals surface area (Å²) in [6, 6.07) is 0.419. The number of aromatic amines is 1. The number of hydrogen-bond donors (Lipinski definition) is 2. The largest absolute Gasteiger partial charge is 0.316 e. The first-order chi connectivity index (χ1) is 6.81. The molecule has 1 unspecified atom stereocenters. The highest BCUT2D eigenvalue weighted by atomic mass is 32.1. The van der Waals surface area contributed by atoms with Crippen molar-refractivity contribution in [1.82, 2.24) is 10.3 Å². The molecule has 0 aromatic carbocycles. The fourth-order valence-electron chi connectivity index (χ4n) is 1.97. The van der Waals surface area contributed by atoms with Gasteiger partial charge in [0.1, 0.15) is 0 Å². The summed E-state index contributed by atoms with van der Waals surface area (Å²) in [6.07, 6.45) is 4.53. The highest BCUT2D eigenvalue weighted by Gasteiger charge is 2.22. The van der Waals surface area contributed by atoms with Gasteiger partial charge in [0.15, 0.2) is 0 Å². The van der Waals surface area contributed by atoms with Gasteiger partial charge in [-0.05, 0) is 32.2 Å². The van der Waals surface area contributed by atoms with Crippen molar-refractivity contribution in [3.63, 3.8) is 0 Å². The quantitative estimate of drug-likeness (QED) is 0.802. The molecule has 0 spiro atoms. The van der Waals surface area contributed by atoms with Crippen molar-refractivity contribution in [2.45, 2.75) is 38.6 Å². The molecular formula is C10H16N2OS. The zero-order valence-corrected chi connectivity index (χ0v) is 9.25. The van der Waals surface area contributed by atoms with Crippen molar-refractivity contribution < 1.29 is 0 Å². The van der Waals surface area contributed by atoms with Crippen LogP contribution in [0.25, 0.3) is 0 Å². The minimum atomic E-state index is 0.0974. The summed E-state index contributed by atoms with van der Waals surface area (Å²) < 4.78 is 0. The summed E-state index contributed by atoms with van der Waals surface area (Å²) in [5.41, 5.74) is 1.17. The summed E-state index contributed by atoms with van der Waals surface area (Å²) in [4.78, 5) is 15.5. The van der Waals surface area contributed by atoms with Crippen LogP contribution in [0.2, 0.25) is 0 Å². The second kappa shape index (κ2) is 4.28. The van der Waals surface area contributed by atoms with E-state index in [1.807, 2.05) is 0 Å². The lowest BCUT2D eigenvalue weighted by molar-refractivity contribution is 0.464.